The summed E-state index contributed by atoms with van der Waals surface area (Å²) in [5, 5.41) is -4.72. The summed E-state index contributed by atoms with van der Waals surface area (Å²) < 4.78 is 53.8. The SMILES string of the molecule is FC1(F)S[C@H]2c3ccccc3CC[C@@H]2C1(F)F. The lowest BCUT2D eigenvalue weighted by atomic mass is 9.80. The molecule has 0 amide bonds. The van der Waals surface area contributed by atoms with Gasteiger partial charge in [-0.05, 0) is 24.0 Å². The highest BCUT2D eigenvalue weighted by atomic mass is 32.2. The van der Waals surface area contributed by atoms with E-state index in [1.165, 1.54) is 0 Å². The van der Waals surface area contributed by atoms with Crippen LogP contribution in [0.4, 0.5) is 17.6 Å². The van der Waals surface area contributed by atoms with E-state index in [0.29, 0.717) is 12.0 Å². The van der Waals surface area contributed by atoms with E-state index in [-0.39, 0.29) is 18.2 Å². The van der Waals surface area contributed by atoms with E-state index >= 15 is 0 Å². The fourth-order valence-electron chi connectivity index (χ4n) is 2.69. The van der Waals surface area contributed by atoms with Crippen molar-refractivity contribution in [1.29, 1.82) is 0 Å². The molecule has 1 aliphatic carbocycles. The molecule has 0 radical (unpaired) electrons. The molecule has 1 aromatic rings. The van der Waals surface area contributed by atoms with Gasteiger partial charge in [-0.2, -0.15) is 17.6 Å². The number of alkyl halides is 4. The van der Waals surface area contributed by atoms with Gasteiger partial charge in [0.1, 0.15) is 0 Å². The van der Waals surface area contributed by atoms with Gasteiger partial charge >= 0.3 is 11.2 Å². The minimum Gasteiger partial charge on any atom is -0.198 e. The maximum Gasteiger partial charge on any atom is 0.357 e. The molecule has 1 saturated heterocycles. The van der Waals surface area contributed by atoms with Crippen molar-refractivity contribution in [3.05, 3.63) is 35.4 Å². The number of benzene rings is 1. The molecular formula is C12H10F4S. The van der Waals surface area contributed by atoms with Gasteiger partial charge in [-0.1, -0.05) is 36.0 Å². The summed E-state index contributed by atoms with van der Waals surface area (Å²) in [5.74, 6) is -5.13. The molecule has 17 heavy (non-hydrogen) atoms. The number of hydrogen-bond donors (Lipinski definition) is 0. The normalized spacial score (nSPS) is 32.9. The van der Waals surface area contributed by atoms with Crippen molar-refractivity contribution in [3.8, 4) is 0 Å². The Morgan fingerprint density at radius 3 is 2.59 bits per heavy atom. The van der Waals surface area contributed by atoms with E-state index in [4.69, 9.17) is 0 Å². The van der Waals surface area contributed by atoms with Crippen LogP contribution in [-0.2, 0) is 6.42 Å². The lowest BCUT2D eigenvalue weighted by molar-refractivity contribution is -0.176. The second-order valence-electron chi connectivity index (χ2n) is 4.52. The molecule has 1 aliphatic heterocycles. The van der Waals surface area contributed by atoms with E-state index in [1.54, 1.807) is 12.1 Å². The second-order valence-corrected chi connectivity index (χ2v) is 5.78. The fraction of sp³-hybridized carbons (Fsp3) is 0.500. The third-order valence-electron chi connectivity index (χ3n) is 3.58. The van der Waals surface area contributed by atoms with Crippen molar-refractivity contribution in [2.75, 3.05) is 0 Å². The van der Waals surface area contributed by atoms with Crippen molar-refractivity contribution in [2.24, 2.45) is 5.92 Å². The Balaban J connectivity index is 2.08. The Bertz CT molecular complexity index is 458. The van der Waals surface area contributed by atoms with Crippen LogP contribution >= 0.6 is 11.8 Å². The molecule has 1 heterocycles. The summed E-state index contributed by atoms with van der Waals surface area (Å²) in [7, 11) is 0. The Kier molecular flexibility index (Phi) is 2.28. The number of halogens is 4. The zero-order valence-corrected chi connectivity index (χ0v) is 9.61. The first kappa shape index (κ1) is 11.4. The molecule has 2 atom stereocenters. The van der Waals surface area contributed by atoms with E-state index in [1.807, 2.05) is 12.1 Å². The number of rotatable bonds is 0. The Hall–Kier alpha value is -0.710. The molecular weight excluding hydrogens is 252 g/mol. The predicted molar refractivity (Wildman–Crippen MR) is 58.5 cm³/mol. The highest BCUT2D eigenvalue weighted by Gasteiger charge is 2.70. The summed E-state index contributed by atoms with van der Waals surface area (Å²) in [6.45, 7) is 0. The first-order valence-corrected chi connectivity index (χ1v) is 6.33. The Morgan fingerprint density at radius 2 is 1.82 bits per heavy atom. The van der Waals surface area contributed by atoms with Gasteiger partial charge in [-0.15, -0.1) is 0 Å². The Morgan fingerprint density at radius 1 is 1.12 bits per heavy atom. The van der Waals surface area contributed by atoms with Crippen LogP contribution < -0.4 is 0 Å². The third-order valence-corrected chi connectivity index (χ3v) is 4.99. The van der Waals surface area contributed by atoms with Crippen LogP contribution in [0.5, 0.6) is 0 Å². The first-order valence-electron chi connectivity index (χ1n) is 5.45. The van der Waals surface area contributed by atoms with Gasteiger partial charge in [0.15, 0.2) is 0 Å². The highest BCUT2D eigenvalue weighted by molar-refractivity contribution is 8.00. The number of aryl methyl sites for hydroxylation is 1. The van der Waals surface area contributed by atoms with Crippen molar-refractivity contribution >= 4 is 11.8 Å². The fourth-order valence-corrected chi connectivity index (χ4v) is 4.15. The van der Waals surface area contributed by atoms with Crippen LogP contribution in [-0.4, -0.2) is 11.2 Å². The van der Waals surface area contributed by atoms with E-state index in [0.717, 1.165) is 5.56 Å². The lowest BCUT2D eigenvalue weighted by Crippen LogP contribution is -2.39. The zero-order chi connectivity index (χ0) is 12.3. The average molecular weight is 262 g/mol. The van der Waals surface area contributed by atoms with Gasteiger partial charge in [-0.25, -0.2) is 0 Å². The highest BCUT2D eigenvalue weighted by Crippen LogP contribution is 2.66. The van der Waals surface area contributed by atoms with Crippen LogP contribution in [0.2, 0.25) is 0 Å². The van der Waals surface area contributed by atoms with Gasteiger partial charge in [0.25, 0.3) is 0 Å². The predicted octanol–water partition coefficient (Wildman–Crippen LogP) is 4.27. The van der Waals surface area contributed by atoms with Gasteiger partial charge in [0, 0.05) is 11.2 Å². The smallest absolute Gasteiger partial charge is 0.198 e. The molecule has 1 aromatic carbocycles. The molecule has 5 heteroatoms. The van der Waals surface area contributed by atoms with Gasteiger partial charge in [-0.3, -0.25) is 0 Å². The maximum absolute atomic E-state index is 13.6. The molecule has 0 saturated carbocycles. The molecule has 2 aliphatic rings. The van der Waals surface area contributed by atoms with E-state index in [9.17, 15) is 17.6 Å². The number of fused-ring (bicyclic) bond motifs is 3. The molecule has 0 bridgehead atoms. The topological polar surface area (TPSA) is 0 Å². The van der Waals surface area contributed by atoms with Gasteiger partial charge < -0.3 is 0 Å². The molecule has 0 unspecified atom stereocenters. The second kappa shape index (κ2) is 3.40. The standard InChI is InChI=1S/C12H10F4S/c13-11(14)9-6-5-7-3-1-2-4-8(7)10(9)17-12(11,15)16/h1-4,9-10H,5-6H2/t9-,10-/m0/s1. The van der Waals surface area contributed by atoms with Crippen LogP contribution in [0.1, 0.15) is 22.8 Å². The number of thioether (sulfide) groups is 1. The number of hydrogen-bond acceptors (Lipinski definition) is 1. The summed E-state index contributed by atoms with van der Waals surface area (Å²) in [6.07, 6.45) is 0.598. The lowest BCUT2D eigenvalue weighted by Gasteiger charge is -2.29. The summed E-state index contributed by atoms with van der Waals surface area (Å²) in [5.41, 5.74) is 1.58. The molecule has 0 spiro atoms. The maximum atomic E-state index is 13.6. The molecule has 1 fully saturated rings. The minimum atomic E-state index is -3.94. The summed E-state index contributed by atoms with van der Waals surface area (Å²) in [6, 6.07) is 7.06. The van der Waals surface area contributed by atoms with E-state index in [2.05, 4.69) is 0 Å². The van der Waals surface area contributed by atoms with Crippen molar-refractivity contribution < 1.29 is 17.6 Å². The third kappa shape index (κ3) is 1.44. The molecule has 3 rings (SSSR count). The molecule has 0 N–H and O–H groups in total. The van der Waals surface area contributed by atoms with Crippen LogP contribution in [0.3, 0.4) is 0 Å². The minimum absolute atomic E-state index is 0.118. The zero-order valence-electron chi connectivity index (χ0n) is 8.80. The molecule has 92 valence electrons. The van der Waals surface area contributed by atoms with Crippen molar-refractivity contribution in [1.82, 2.24) is 0 Å². The van der Waals surface area contributed by atoms with E-state index < -0.39 is 22.3 Å². The van der Waals surface area contributed by atoms with Crippen LogP contribution in [0, 0.1) is 5.92 Å². The quantitative estimate of drug-likeness (QED) is 0.629. The molecule has 0 nitrogen and oxygen atoms in total. The monoisotopic (exact) mass is 262 g/mol. The van der Waals surface area contributed by atoms with Crippen molar-refractivity contribution in [3.63, 3.8) is 0 Å². The molecule has 0 aromatic heterocycles. The van der Waals surface area contributed by atoms with Crippen LogP contribution in [0.15, 0.2) is 24.3 Å². The van der Waals surface area contributed by atoms with Crippen LogP contribution in [0.25, 0.3) is 0 Å². The van der Waals surface area contributed by atoms with Gasteiger partial charge in [0.2, 0.25) is 0 Å². The van der Waals surface area contributed by atoms with Gasteiger partial charge in [0.05, 0.1) is 0 Å². The summed E-state index contributed by atoms with van der Waals surface area (Å²) >= 11 is 0.118. The first-order chi connectivity index (χ1) is 7.93. The van der Waals surface area contributed by atoms with Crippen molar-refractivity contribution in [2.45, 2.75) is 29.3 Å². The summed E-state index contributed by atoms with van der Waals surface area (Å²) in [4.78, 5) is 0. The largest absolute Gasteiger partial charge is 0.357 e. The average Bonchev–Trinajstić information content (AvgIpc) is 2.46. The Labute approximate surface area is 100 Å².